The summed E-state index contributed by atoms with van der Waals surface area (Å²) in [7, 11) is 0. The number of nitrogens with two attached hydrogens (primary N) is 1. The fourth-order valence-electron chi connectivity index (χ4n) is 1.11. The van der Waals surface area contributed by atoms with Gasteiger partial charge in [0.2, 0.25) is 5.91 Å². The first-order valence-corrected chi connectivity index (χ1v) is 6.10. The Balaban J connectivity index is 2.77. The smallest absolute Gasteiger partial charge is 0.241 e. The van der Waals surface area contributed by atoms with Crippen LogP contribution in [0.25, 0.3) is 0 Å². The largest absolute Gasteiger partial charge is 0.323 e. The quantitative estimate of drug-likeness (QED) is 0.902. The van der Waals surface area contributed by atoms with Crippen LogP contribution in [-0.4, -0.2) is 11.9 Å². The Labute approximate surface area is 108 Å². The van der Waals surface area contributed by atoms with E-state index in [-0.39, 0.29) is 11.8 Å². The molecular formula is C11H14BrClN2O. The third-order valence-corrected chi connectivity index (χ3v) is 3.02. The summed E-state index contributed by atoms with van der Waals surface area (Å²) >= 11 is 9.27. The van der Waals surface area contributed by atoms with Crippen LogP contribution < -0.4 is 11.1 Å². The number of amides is 1. The molecule has 1 amide bonds. The van der Waals surface area contributed by atoms with E-state index in [9.17, 15) is 4.79 Å². The van der Waals surface area contributed by atoms with Gasteiger partial charge in [-0.2, -0.15) is 0 Å². The number of hydrogen-bond acceptors (Lipinski definition) is 2. The molecule has 1 aromatic carbocycles. The second-order valence-electron chi connectivity index (χ2n) is 3.88. The monoisotopic (exact) mass is 304 g/mol. The van der Waals surface area contributed by atoms with E-state index in [1.807, 2.05) is 19.9 Å². The summed E-state index contributed by atoms with van der Waals surface area (Å²) in [5.41, 5.74) is 6.30. The number of carbonyl (C=O) groups is 1. The van der Waals surface area contributed by atoms with Crippen LogP contribution in [0.15, 0.2) is 22.7 Å². The second kappa shape index (κ2) is 5.66. The minimum absolute atomic E-state index is 0.0919. The highest BCUT2D eigenvalue weighted by molar-refractivity contribution is 9.10. The molecule has 16 heavy (non-hydrogen) atoms. The lowest BCUT2D eigenvalue weighted by molar-refractivity contribution is -0.118. The Bertz CT molecular complexity index is 396. The summed E-state index contributed by atoms with van der Waals surface area (Å²) in [6.07, 6.45) is 0. The summed E-state index contributed by atoms with van der Waals surface area (Å²) in [5, 5.41) is 3.19. The molecule has 1 aromatic rings. The molecule has 0 heterocycles. The van der Waals surface area contributed by atoms with Gasteiger partial charge in [-0.25, -0.2) is 0 Å². The molecule has 0 fully saturated rings. The second-order valence-corrected chi connectivity index (χ2v) is 5.21. The summed E-state index contributed by atoms with van der Waals surface area (Å²) in [4.78, 5) is 11.7. The third-order valence-electron chi connectivity index (χ3n) is 2.21. The van der Waals surface area contributed by atoms with Gasteiger partial charge in [0.05, 0.1) is 16.8 Å². The van der Waals surface area contributed by atoms with E-state index in [0.717, 1.165) is 4.47 Å². The maximum absolute atomic E-state index is 11.7. The van der Waals surface area contributed by atoms with Crippen molar-refractivity contribution < 1.29 is 4.79 Å². The number of rotatable bonds is 3. The molecule has 1 rings (SSSR count). The van der Waals surface area contributed by atoms with Crippen molar-refractivity contribution in [3.63, 3.8) is 0 Å². The summed E-state index contributed by atoms with van der Waals surface area (Å²) in [6.45, 7) is 3.79. The molecular weight excluding hydrogens is 291 g/mol. The molecule has 5 heteroatoms. The van der Waals surface area contributed by atoms with E-state index >= 15 is 0 Å². The molecule has 0 aromatic heterocycles. The number of hydrogen-bond donors (Lipinski definition) is 2. The van der Waals surface area contributed by atoms with Gasteiger partial charge in [-0.15, -0.1) is 0 Å². The molecule has 0 spiro atoms. The van der Waals surface area contributed by atoms with Crippen molar-refractivity contribution in [3.8, 4) is 0 Å². The predicted octanol–water partition coefficient (Wildman–Crippen LogP) is 3.02. The first kappa shape index (κ1) is 13.5. The van der Waals surface area contributed by atoms with Crippen LogP contribution in [-0.2, 0) is 4.79 Å². The van der Waals surface area contributed by atoms with Crippen LogP contribution in [0, 0.1) is 5.92 Å². The van der Waals surface area contributed by atoms with E-state index in [0.29, 0.717) is 10.7 Å². The third kappa shape index (κ3) is 3.47. The molecule has 3 N–H and O–H groups in total. The van der Waals surface area contributed by atoms with Crippen molar-refractivity contribution in [2.24, 2.45) is 11.7 Å². The minimum atomic E-state index is -0.528. The average Bonchev–Trinajstić information content (AvgIpc) is 2.20. The number of halogens is 2. The highest BCUT2D eigenvalue weighted by Crippen LogP contribution is 2.25. The number of benzene rings is 1. The summed E-state index contributed by atoms with van der Waals surface area (Å²) < 4.78 is 0.864. The first-order chi connectivity index (χ1) is 7.41. The van der Waals surface area contributed by atoms with Gasteiger partial charge in [0.15, 0.2) is 0 Å². The van der Waals surface area contributed by atoms with Crippen molar-refractivity contribution >= 4 is 39.1 Å². The molecule has 0 saturated heterocycles. The lowest BCUT2D eigenvalue weighted by atomic mass is 10.1. The van der Waals surface area contributed by atoms with Crippen LogP contribution in [0.1, 0.15) is 13.8 Å². The Kier molecular flexibility index (Phi) is 4.77. The highest BCUT2D eigenvalue weighted by atomic mass is 79.9. The normalized spacial score (nSPS) is 12.6. The maximum Gasteiger partial charge on any atom is 0.241 e. The Hall–Kier alpha value is -0.580. The van der Waals surface area contributed by atoms with Crippen molar-refractivity contribution in [2.45, 2.75) is 19.9 Å². The Morgan fingerprint density at radius 3 is 2.62 bits per heavy atom. The fraction of sp³-hybridized carbons (Fsp3) is 0.364. The first-order valence-electron chi connectivity index (χ1n) is 4.93. The van der Waals surface area contributed by atoms with Gasteiger partial charge in [0, 0.05) is 4.47 Å². The van der Waals surface area contributed by atoms with E-state index < -0.39 is 6.04 Å². The average molecular weight is 306 g/mol. The zero-order valence-corrected chi connectivity index (χ0v) is 11.5. The van der Waals surface area contributed by atoms with Crippen LogP contribution in [0.3, 0.4) is 0 Å². The van der Waals surface area contributed by atoms with Gasteiger partial charge >= 0.3 is 0 Å². The lowest BCUT2D eigenvalue weighted by Crippen LogP contribution is -2.39. The zero-order chi connectivity index (χ0) is 12.3. The van der Waals surface area contributed by atoms with E-state index in [1.165, 1.54) is 0 Å². The highest BCUT2D eigenvalue weighted by Gasteiger charge is 2.17. The van der Waals surface area contributed by atoms with Crippen LogP contribution in [0.2, 0.25) is 5.02 Å². The van der Waals surface area contributed by atoms with Gasteiger partial charge in [0.1, 0.15) is 0 Å². The van der Waals surface area contributed by atoms with E-state index in [1.54, 1.807) is 12.1 Å². The Morgan fingerprint density at radius 1 is 1.50 bits per heavy atom. The number of nitrogens with one attached hydrogen (secondary N) is 1. The molecule has 0 unspecified atom stereocenters. The summed E-state index contributed by atoms with van der Waals surface area (Å²) in [6, 6.07) is 4.73. The van der Waals surface area contributed by atoms with Crippen molar-refractivity contribution in [1.82, 2.24) is 0 Å². The van der Waals surface area contributed by atoms with Crippen molar-refractivity contribution in [3.05, 3.63) is 27.7 Å². The number of carbonyl (C=O) groups excluding carboxylic acids is 1. The standard InChI is InChI=1S/C11H14BrClN2O/c1-6(2)10(14)11(16)15-9-4-3-7(12)5-8(9)13/h3-6,10H,14H2,1-2H3,(H,15,16)/t10-/m0/s1. The van der Waals surface area contributed by atoms with Crippen molar-refractivity contribution in [1.29, 1.82) is 0 Å². The lowest BCUT2D eigenvalue weighted by Gasteiger charge is -2.16. The van der Waals surface area contributed by atoms with Crippen molar-refractivity contribution in [2.75, 3.05) is 5.32 Å². The van der Waals surface area contributed by atoms with Gasteiger partial charge in [-0.1, -0.05) is 41.4 Å². The Morgan fingerprint density at radius 2 is 2.12 bits per heavy atom. The zero-order valence-electron chi connectivity index (χ0n) is 9.13. The predicted molar refractivity (Wildman–Crippen MR) is 70.6 cm³/mol. The molecule has 1 atom stereocenters. The molecule has 0 aliphatic carbocycles. The van der Waals surface area contributed by atoms with E-state index in [2.05, 4.69) is 21.2 Å². The van der Waals surface area contributed by atoms with Gasteiger partial charge in [-0.05, 0) is 24.1 Å². The van der Waals surface area contributed by atoms with E-state index in [4.69, 9.17) is 17.3 Å². The van der Waals surface area contributed by atoms with Gasteiger partial charge < -0.3 is 11.1 Å². The molecule has 0 aliphatic rings. The molecule has 0 bridgehead atoms. The molecule has 0 aliphatic heterocycles. The van der Waals surface area contributed by atoms with Crippen LogP contribution in [0.5, 0.6) is 0 Å². The SMILES string of the molecule is CC(C)[C@H](N)C(=O)Nc1ccc(Br)cc1Cl. The topological polar surface area (TPSA) is 55.1 Å². The van der Waals surface area contributed by atoms with Gasteiger partial charge in [-0.3, -0.25) is 4.79 Å². The number of anilines is 1. The molecule has 3 nitrogen and oxygen atoms in total. The maximum atomic E-state index is 11.7. The molecule has 0 radical (unpaired) electrons. The molecule has 0 saturated carbocycles. The summed E-state index contributed by atoms with van der Waals surface area (Å²) in [5.74, 6) is -0.131. The van der Waals surface area contributed by atoms with Gasteiger partial charge in [0.25, 0.3) is 0 Å². The van der Waals surface area contributed by atoms with Crippen LogP contribution in [0.4, 0.5) is 5.69 Å². The van der Waals surface area contributed by atoms with Crippen LogP contribution >= 0.6 is 27.5 Å². The minimum Gasteiger partial charge on any atom is -0.323 e. The molecule has 88 valence electrons. The fourth-order valence-corrected chi connectivity index (χ4v) is 1.83.